The van der Waals surface area contributed by atoms with Gasteiger partial charge in [0, 0.05) is 42.5 Å². The van der Waals surface area contributed by atoms with Gasteiger partial charge in [-0.1, -0.05) is 11.6 Å². The predicted octanol–water partition coefficient (Wildman–Crippen LogP) is 5.66. The second-order valence-electron chi connectivity index (χ2n) is 11.6. The van der Waals surface area contributed by atoms with Gasteiger partial charge in [-0.3, -0.25) is 9.47 Å². The van der Waals surface area contributed by atoms with Gasteiger partial charge in [0.05, 0.1) is 31.0 Å². The Morgan fingerprint density at radius 3 is 2.45 bits per heavy atom. The highest BCUT2D eigenvalue weighted by molar-refractivity contribution is 6.30. The molecule has 1 aliphatic carbocycles. The zero-order valence-corrected chi connectivity index (χ0v) is 21.9. The van der Waals surface area contributed by atoms with E-state index in [9.17, 15) is 26.3 Å². The first-order valence-corrected chi connectivity index (χ1v) is 13.3. The summed E-state index contributed by atoms with van der Waals surface area (Å²) in [6, 6.07) is 6.63. The van der Waals surface area contributed by atoms with Crippen LogP contribution in [0.25, 0.3) is 5.69 Å². The molecule has 0 radical (unpaired) electrons. The fourth-order valence-electron chi connectivity index (χ4n) is 6.68. The van der Waals surface area contributed by atoms with Crippen molar-refractivity contribution in [3.05, 3.63) is 69.8 Å². The van der Waals surface area contributed by atoms with E-state index in [1.165, 1.54) is 4.90 Å². The number of fused-ring (bicyclic) bond motifs is 3. The van der Waals surface area contributed by atoms with Crippen molar-refractivity contribution in [1.82, 2.24) is 19.7 Å². The van der Waals surface area contributed by atoms with Crippen molar-refractivity contribution in [2.75, 3.05) is 37.7 Å². The van der Waals surface area contributed by atoms with Gasteiger partial charge in [0.15, 0.2) is 17.3 Å². The second-order valence-corrected chi connectivity index (χ2v) is 12.0. The van der Waals surface area contributed by atoms with Crippen LogP contribution in [0.2, 0.25) is 5.02 Å². The minimum Gasteiger partial charge on any atom is -0.375 e. The van der Waals surface area contributed by atoms with E-state index < -0.39 is 34.7 Å². The van der Waals surface area contributed by atoms with Gasteiger partial charge < -0.3 is 9.64 Å². The number of anilines is 1. The van der Waals surface area contributed by atoms with Gasteiger partial charge in [-0.15, -0.1) is 10.2 Å². The van der Waals surface area contributed by atoms with Crippen molar-refractivity contribution in [3.63, 3.8) is 0 Å². The molecule has 4 heterocycles. The highest BCUT2D eigenvalue weighted by Crippen LogP contribution is 2.57. The van der Waals surface area contributed by atoms with Crippen LogP contribution in [0.3, 0.4) is 0 Å². The zero-order valence-electron chi connectivity index (χ0n) is 21.1. The van der Waals surface area contributed by atoms with E-state index in [1.54, 1.807) is 6.07 Å². The molecule has 1 saturated carbocycles. The Hall–Kier alpha value is -2.83. The van der Waals surface area contributed by atoms with E-state index in [0.29, 0.717) is 48.9 Å². The summed E-state index contributed by atoms with van der Waals surface area (Å²) < 4.78 is 90.6. The van der Waals surface area contributed by atoms with E-state index >= 15 is 0 Å². The number of hydrogen-bond donors (Lipinski definition) is 0. The number of aromatic nitrogens is 3. The molecule has 3 fully saturated rings. The summed E-state index contributed by atoms with van der Waals surface area (Å²) in [4.78, 5) is 3.31. The van der Waals surface area contributed by atoms with E-state index in [2.05, 4.69) is 10.2 Å². The van der Waals surface area contributed by atoms with Crippen molar-refractivity contribution >= 4 is 17.3 Å². The topological polar surface area (TPSA) is 46.4 Å². The Kier molecular flexibility index (Phi) is 5.76. The normalized spacial score (nSPS) is 21.7. The average Bonchev–Trinajstić information content (AvgIpc) is 3.13. The largest absolute Gasteiger partial charge is 0.419 e. The molecule has 0 N–H and O–H groups in total. The Morgan fingerprint density at radius 1 is 1.02 bits per heavy atom. The Morgan fingerprint density at radius 2 is 1.77 bits per heavy atom. The third kappa shape index (κ3) is 4.18. The fourth-order valence-corrected chi connectivity index (χ4v) is 6.88. The maximum atomic E-state index is 14.9. The molecule has 0 unspecified atom stereocenters. The first-order chi connectivity index (χ1) is 18.9. The molecule has 2 saturated heterocycles. The molecule has 1 aromatic heterocycles. The van der Waals surface area contributed by atoms with Crippen LogP contribution < -0.4 is 4.90 Å². The first-order valence-electron chi connectivity index (χ1n) is 13.0. The highest BCUT2D eigenvalue weighted by atomic mass is 35.5. The summed E-state index contributed by atoms with van der Waals surface area (Å²) in [6.07, 6.45) is -3.60. The summed E-state index contributed by atoms with van der Waals surface area (Å²) in [7, 11) is 0. The molecule has 2 aromatic carbocycles. The molecule has 7 rings (SSSR count). The van der Waals surface area contributed by atoms with Crippen LogP contribution in [0.1, 0.15) is 41.5 Å². The summed E-state index contributed by atoms with van der Waals surface area (Å²) in [6.45, 7) is 1.65. The number of rotatable bonds is 4. The minimum atomic E-state index is -4.91. The quantitative estimate of drug-likeness (QED) is 0.371. The molecule has 13 heteroatoms. The van der Waals surface area contributed by atoms with Crippen LogP contribution in [0, 0.1) is 17.0 Å². The SMILES string of the molecule is Fc1ccc(C(F)(F)F)c(F)c1N1CC2(CC(c3nnc4n3-c3ccc(Cl)cc3CN(CC3(F)COC3)C4)C2)C1. The molecule has 6 nitrogen and oxygen atoms in total. The smallest absolute Gasteiger partial charge is 0.375 e. The average molecular weight is 584 g/mol. The van der Waals surface area contributed by atoms with Gasteiger partial charge in [0.1, 0.15) is 17.3 Å². The number of alkyl halides is 4. The van der Waals surface area contributed by atoms with Crippen LogP contribution in [0.5, 0.6) is 0 Å². The lowest BCUT2D eigenvalue weighted by Crippen LogP contribution is -2.62. The molecule has 1 spiro atoms. The number of nitrogens with zero attached hydrogens (tertiary/aromatic N) is 5. The number of ether oxygens (including phenoxy) is 1. The Bertz CT molecular complexity index is 1490. The van der Waals surface area contributed by atoms with Gasteiger partial charge >= 0.3 is 6.18 Å². The van der Waals surface area contributed by atoms with Crippen molar-refractivity contribution in [2.24, 2.45) is 5.41 Å². The summed E-state index contributed by atoms with van der Waals surface area (Å²) >= 11 is 6.30. The highest BCUT2D eigenvalue weighted by Gasteiger charge is 2.55. The molecule has 3 aromatic rings. The lowest BCUT2D eigenvalue weighted by atomic mass is 9.57. The first kappa shape index (κ1) is 26.1. The molecule has 0 amide bonds. The third-order valence-corrected chi connectivity index (χ3v) is 8.73. The molecule has 40 heavy (non-hydrogen) atoms. The van der Waals surface area contributed by atoms with Gasteiger partial charge in [-0.2, -0.15) is 13.2 Å². The van der Waals surface area contributed by atoms with Crippen molar-refractivity contribution in [2.45, 2.75) is 43.7 Å². The van der Waals surface area contributed by atoms with Crippen LogP contribution in [0.15, 0.2) is 30.3 Å². The van der Waals surface area contributed by atoms with Gasteiger partial charge in [-0.25, -0.2) is 13.2 Å². The van der Waals surface area contributed by atoms with Crippen LogP contribution in [-0.2, 0) is 24.0 Å². The lowest BCUT2D eigenvalue weighted by Gasteiger charge is -2.59. The predicted molar refractivity (Wildman–Crippen MR) is 133 cm³/mol. The Labute approximate surface area is 230 Å². The second kappa shape index (κ2) is 8.83. The Balaban J connectivity index is 1.12. The zero-order chi connectivity index (χ0) is 28.0. The lowest BCUT2D eigenvalue weighted by molar-refractivity contribution is -0.142. The number of halogens is 7. The van der Waals surface area contributed by atoms with Gasteiger partial charge in [-0.05, 0) is 48.7 Å². The van der Waals surface area contributed by atoms with Crippen molar-refractivity contribution in [3.8, 4) is 5.69 Å². The summed E-state index contributed by atoms with van der Waals surface area (Å²) in [5.74, 6) is -1.18. The fraction of sp³-hybridized carbons (Fsp3) is 0.481. The van der Waals surface area contributed by atoms with Crippen molar-refractivity contribution in [1.29, 1.82) is 0 Å². The van der Waals surface area contributed by atoms with Gasteiger partial charge in [0.25, 0.3) is 0 Å². The molecule has 212 valence electrons. The number of hydrogen-bond acceptors (Lipinski definition) is 5. The molecular formula is C27H24ClF6N5O. The molecular weight excluding hydrogens is 560 g/mol. The maximum absolute atomic E-state index is 14.9. The third-order valence-electron chi connectivity index (χ3n) is 8.49. The van der Waals surface area contributed by atoms with E-state index in [-0.39, 0.29) is 44.2 Å². The van der Waals surface area contributed by atoms with Crippen molar-refractivity contribution < 1.29 is 31.1 Å². The van der Waals surface area contributed by atoms with Crippen LogP contribution in [-0.4, -0.2) is 58.2 Å². The van der Waals surface area contributed by atoms with E-state index in [1.807, 2.05) is 21.6 Å². The summed E-state index contributed by atoms with van der Waals surface area (Å²) in [5.41, 5.74) is -2.01. The van der Waals surface area contributed by atoms with E-state index in [4.69, 9.17) is 16.3 Å². The molecule has 4 aliphatic rings. The minimum absolute atomic E-state index is 0.00207. The monoisotopic (exact) mass is 583 g/mol. The number of benzene rings is 2. The van der Waals surface area contributed by atoms with Gasteiger partial charge in [0.2, 0.25) is 0 Å². The molecule has 0 bridgehead atoms. The standard InChI is InChI=1S/C27H24ClF6N5O/c28-17-1-4-20-15(5-17)8-37(12-26(31)13-40-14-26)9-21-35-36-24(39(20)21)16-6-25(7-16)10-38(11-25)23-19(29)3-2-18(22(23)30)27(32,33)34/h1-5,16H,6-14H2. The maximum Gasteiger partial charge on any atom is 0.419 e. The molecule has 0 atom stereocenters. The van der Waals surface area contributed by atoms with Crippen LogP contribution >= 0.6 is 11.6 Å². The van der Waals surface area contributed by atoms with Crippen LogP contribution in [0.4, 0.5) is 32.0 Å². The van der Waals surface area contributed by atoms with E-state index in [0.717, 1.165) is 17.1 Å². The molecule has 3 aliphatic heterocycles. The summed E-state index contributed by atoms with van der Waals surface area (Å²) in [5, 5.41) is 9.50.